The summed E-state index contributed by atoms with van der Waals surface area (Å²) in [7, 11) is 0. The lowest BCUT2D eigenvalue weighted by Gasteiger charge is -2.19. The smallest absolute Gasteiger partial charge is 0.184 e. The van der Waals surface area contributed by atoms with Gasteiger partial charge in [0.25, 0.3) is 0 Å². The van der Waals surface area contributed by atoms with Crippen LogP contribution in [-0.2, 0) is 6.42 Å². The molecule has 6 nitrogen and oxygen atoms in total. The van der Waals surface area contributed by atoms with Crippen molar-refractivity contribution < 1.29 is 15.0 Å². The third-order valence-corrected chi connectivity index (χ3v) is 2.86. The molecule has 1 rings (SSSR count). The number of Topliss-reactive ketones (excluding diaryl/α,β-unsaturated/α-hetero) is 1. The van der Waals surface area contributed by atoms with Crippen LogP contribution in [0.2, 0.25) is 0 Å². The number of carbonyl (C=O) groups excluding carboxylic acids is 1. The molecule has 0 bridgehead atoms. The molecule has 1 aromatic heterocycles. The molecule has 6 heteroatoms. The van der Waals surface area contributed by atoms with E-state index in [1.165, 1.54) is 6.20 Å². The summed E-state index contributed by atoms with van der Waals surface area (Å²) >= 11 is 0. The quantitative estimate of drug-likeness (QED) is 0.608. The first kappa shape index (κ1) is 15.7. The number of aliphatic hydroxyl groups is 2. The van der Waals surface area contributed by atoms with Crippen LogP contribution in [0.1, 0.15) is 29.5 Å². The number of hydrogen-bond acceptors (Lipinski definition) is 6. The molecule has 0 amide bonds. The minimum atomic E-state index is -0.0502. The average Bonchev–Trinajstić information content (AvgIpc) is 2.44. The fraction of sp³-hybridized carbons (Fsp3) is 0.615. The van der Waals surface area contributed by atoms with E-state index < -0.39 is 0 Å². The van der Waals surface area contributed by atoms with E-state index in [1.807, 2.05) is 11.8 Å². The molecule has 0 saturated heterocycles. The maximum absolute atomic E-state index is 12.1. The Morgan fingerprint density at radius 1 is 1.16 bits per heavy atom. The summed E-state index contributed by atoms with van der Waals surface area (Å²) in [6.07, 6.45) is 4.09. The van der Waals surface area contributed by atoms with Crippen LogP contribution in [0.25, 0.3) is 0 Å². The van der Waals surface area contributed by atoms with Crippen LogP contribution >= 0.6 is 0 Å². The second-order valence-electron chi connectivity index (χ2n) is 4.17. The Balaban J connectivity index is 2.58. The van der Waals surface area contributed by atoms with E-state index in [4.69, 9.17) is 10.2 Å². The highest BCUT2D eigenvalue weighted by molar-refractivity contribution is 5.95. The van der Waals surface area contributed by atoms with E-state index in [0.717, 1.165) is 0 Å². The average molecular weight is 267 g/mol. The lowest BCUT2D eigenvalue weighted by molar-refractivity contribution is 0.0940. The van der Waals surface area contributed by atoms with Crippen molar-refractivity contribution in [2.75, 3.05) is 32.8 Å². The predicted octanol–water partition coefficient (Wildman–Crippen LogP) is -0.102. The number of hydrogen-bond donors (Lipinski definition) is 2. The van der Waals surface area contributed by atoms with Gasteiger partial charge in [-0.05, 0) is 6.42 Å². The lowest BCUT2D eigenvalue weighted by atomic mass is 10.1. The fourth-order valence-electron chi connectivity index (χ4n) is 1.85. The van der Waals surface area contributed by atoms with Crippen molar-refractivity contribution in [3.63, 3.8) is 0 Å². The Labute approximate surface area is 113 Å². The zero-order chi connectivity index (χ0) is 14.1. The molecule has 0 aliphatic heterocycles. The molecule has 0 radical (unpaired) electrons. The summed E-state index contributed by atoms with van der Waals surface area (Å²) in [6, 6.07) is 0. The highest BCUT2D eigenvalue weighted by Gasteiger charge is 2.14. The van der Waals surface area contributed by atoms with E-state index in [9.17, 15) is 4.79 Å². The van der Waals surface area contributed by atoms with Gasteiger partial charge in [0.2, 0.25) is 0 Å². The van der Waals surface area contributed by atoms with Gasteiger partial charge in [-0.15, -0.1) is 0 Å². The lowest BCUT2D eigenvalue weighted by Crippen LogP contribution is -2.32. The van der Waals surface area contributed by atoms with Crippen LogP contribution in [0.15, 0.2) is 12.4 Å². The van der Waals surface area contributed by atoms with Gasteiger partial charge in [0, 0.05) is 38.4 Å². The van der Waals surface area contributed by atoms with Crippen LogP contribution < -0.4 is 0 Å². The summed E-state index contributed by atoms with van der Waals surface area (Å²) in [5.41, 5.74) is 1.14. The maximum Gasteiger partial charge on any atom is 0.184 e. The monoisotopic (exact) mass is 267 g/mol. The summed E-state index contributed by atoms with van der Waals surface area (Å²) in [5.74, 6) is -0.0502. The summed E-state index contributed by atoms with van der Waals surface area (Å²) in [4.78, 5) is 22.2. The molecule has 1 heterocycles. The van der Waals surface area contributed by atoms with E-state index in [2.05, 4.69) is 9.97 Å². The number of aliphatic hydroxyl groups excluding tert-OH is 2. The van der Waals surface area contributed by atoms with Gasteiger partial charge in [0.05, 0.1) is 18.9 Å². The summed E-state index contributed by atoms with van der Waals surface area (Å²) < 4.78 is 0. The van der Waals surface area contributed by atoms with Crippen LogP contribution in [0.4, 0.5) is 0 Å². The van der Waals surface area contributed by atoms with E-state index >= 15 is 0 Å². The van der Waals surface area contributed by atoms with Gasteiger partial charge in [-0.1, -0.05) is 6.92 Å². The molecule has 0 unspecified atom stereocenters. The SMILES string of the molecule is CCc1nccnc1C(=O)CCN(CCO)CCO. The maximum atomic E-state index is 12.1. The number of carbonyl (C=O) groups is 1. The molecule has 106 valence electrons. The van der Waals surface area contributed by atoms with E-state index in [0.29, 0.717) is 43.9 Å². The van der Waals surface area contributed by atoms with Gasteiger partial charge in [0.15, 0.2) is 5.78 Å². The Morgan fingerprint density at radius 2 is 1.79 bits per heavy atom. The van der Waals surface area contributed by atoms with Gasteiger partial charge >= 0.3 is 0 Å². The number of ketones is 1. The first-order chi connectivity index (χ1) is 9.22. The van der Waals surface area contributed by atoms with Crippen molar-refractivity contribution in [2.24, 2.45) is 0 Å². The standard InChI is InChI=1S/C13H21N3O3/c1-2-11-13(15-5-4-14-11)12(19)3-6-16(7-9-17)8-10-18/h4-5,17-18H,2-3,6-10H2,1H3. The highest BCUT2D eigenvalue weighted by atomic mass is 16.3. The molecule has 0 aliphatic carbocycles. The molecule has 2 N–H and O–H groups in total. The number of rotatable bonds is 9. The second-order valence-corrected chi connectivity index (χ2v) is 4.17. The van der Waals surface area contributed by atoms with Gasteiger partial charge in [-0.25, -0.2) is 4.98 Å². The largest absolute Gasteiger partial charge is 0.395 e. The second kappa shape index (κ2) is 8.68. The van der Waals surface area contributed by atoms with Crippen LogP contribution in [0.5, 0.6) is 0 Å². The Kier molecular flexibility index (Phi) is 7.17. The minimum absolute atomic E-state index is 0.0134. The number of aryl methyl sites for hydroxylation is 1. The van der Waals surface area contributed by atoms with Crippen molar-refractivity contribution in [1.82, 2.24) is 14.9 Å². The van der Waals surface area contributed by atoms with E-state index in [-0.39, 0.29) is 19.0 Å². The van der Waals surface area contributed by atoms with Crippen molar-refractivity contribution in [3.8, 4) is 0 Å². The van der Waals surface area contributed by atoms with Gasteiger partial charge < -0.3 is 10.2 Å². The summed E-state index contributed by atoms with van der Waals surface area (Å²) in [5, 5.41) is 17.8. The van der Waals surface area contributed by atoms with Crippen molar-refractivity contribution in [2.45, 2.75) is 19.8 Å². The first-order valence-corrected chi connectivity index (χ1v) is 6.50. The Bertz CT molecular complexity index is 392. The van der Waals surface area contributed by atoms with Gasteiger partial charge in [-0.2, -0.15) is 0 Å². The predicted molar refractivity (Wildman–Crippen MR) is 71.0 cm³/mol. The molecule has 0 atom stereocenters. The van der Waals surface area contributed by atoms with Crippen molar-refractivity contribution >= 4 is 5.78 Å². The van der Waals surface area contributed by atoms with Crippen LogP contribution in [-0.4, -0.2) is 63.7 Å². The number of aromatic nitrogens is 2. The third-order valence-electron chi connectivity index (χ3n) is 2.86. The molecule has 0 saturated carbocycles. The first-order valence-electron chi connectivity index (χ1n) is 6.50. The fourth-order valence-corrected chi connectivity index (χ4v) is 1.85. The van der Waals surface area contributed by atoms with Crippen LogP contribution in [0.3, 0.4) is 0 Å². The zero-order valence-corrected chi connectivity index (χ0v) is 11.2. The zero-order valence-electron chi connectivity index (χ0n) is 11.2. The third kappa shape index (κ3) is 5.02. The van der Waals surface area contributed by atoms with Crippen molar-refractivity contribution in [3.05, 3.63) is 23.8 Å². The Morgan fingerprint density at radius 3 is 2.37 bits per heavy atom. The van der Waals surface area contributed by atoms with Gasteiger partial charge in [0.1, 0.15) is 5.69 Å². The Hall–Kier alpha value is -1.37. The number of nitrogens with zero attached hydrogens (tertiary/aromatic N) is 3. The molecule has 0 fully saturated rings. The topological polar surface area (TPSA) is 86.6 Å². The van der Waals surface area contributed by atoms with Crippen LogP contribution in [0, 0.1) is 0 Å². The van der Waals surface area contributed by atoms with Gasteiger partial charge in [-0.3, -0.25) is 14.7 Å². The highest BCUT2D eigenvalue weighted by Crippen LogP contribution is 2.06. The summed E-state index contributed by atoms with van der Waals surface area (Å²) in [6.45, 7) is 3.37. The minimum Gasteiger partial charge on any atom is -0.395 e. The molecule has 1 aromatic rings. The molecule has 0 aliphatic rings. The molecule has 0 aromatic carbocycles. The molecule has 0 spiro atoms. The molecule has 19 heavy (non-hydrogen) atoms. The molecular weight excluding hydrogens is 246 g/mol. The molecular formula is C13H21N3O3. The normalized spacial score (nSPS) is 10.9. The van der Waals surface area contributed by atoms with Crippen molar-refractivity contribution in [1.29, 1.82) is 0 Å². The van der Waals surface area contributed by atoms with E-state index in [1.54, 1.807) is 6.20 Å².